The van der Waals surface area contributed by atoms with E-state index in [1.807, 2.05) is 6.92 Å². The molecule has 0 radical (unpaired) electrons. The number of amides is 1. The number of rotatable bonds is 4. The monoisotopic (exact) mass is 349 g/mol. The van der Waals surface area contributed by atoms with Crippen LogP contribution in [0.4, 0.5) is 5.69 Å². The summed E-state index contributed by atoms with van der Waals surface area (Å²) in [5, 5.41) is 2.87. The van der Waals surface area contributed by atoms with Gasteiger partial charge in [0.15, 0.2) is 0 Å². The molecule has 130 valence electrons. The molecule has 1 aliphatic heterocycles. The highest BCUT2D eigenvalue weighted by Crippen LogP contribution is 2.38. The molecule has 3 rings (SSSR count). The lowest BCUT2D eigenvalue weighted by Gasteiger charge is -2.22. The van der Waals surface area contributed by atoms with Gasteiger partial charge in [0.05, 0.1) is 4.90 Å². The molecular formula is C17H23N3O3S. The van der Waals surface area contributed by atoms with Gasteiger partial charge in [-0.25, -0.2) is 8.42 Å². The second-order valence-corrected chi connectivity index (χ2v) is 8.47. The van der Waals surface area contributed by atoms with Gasteiger partial charge in [0.1, 0.15) is 5.84 Å². The number of hydrogen-bond acceptors (Lipinski definition) is 4. The first-order chi connectivity index (χ1) is 11.4. The molecule has 2 aliphatic rings. The molecule has 1 aromatic rings. The number of aliphatic imine (C=N–C) groups is 1. The van der Waals surface area contributed by atoms with E-state index in [1.165, 1.54) is 12.1 Å². The first-order valence-corrected chi connectivity index (χ1v) is 9.85. The molecule has 0 atom stereocenters. The van der Waals surface area contributed by atoms with Crippen molar-refractivity contribution in [3.63, 3.8) is 0 Å². The molecular weight excluding hydrogens is 326 g/mol. The van der Waals surface area contributed by atoms with Crippen molar-refractivity contribution < 1.29 is 13.2 Å². The van der Waals surface area contributed by atoms with Crippen molar-refractivity contribution in [2.24, 2.45) is 10.4 Å². The lowest BCUT2D eigenvalue weighted by molar-refractivity contribution is -0.124. The molecule has 1 saturated carbocycles. The number of benzene rings is 1. The summed E-state index contributed by atoms with van der Waals surface area (Å²) in [6.07, 6.45) is 5.38. The van der Waals surface area contributed by atoms with Gasteiger partial charge < -0.3 is 5.32 Å². The minimum Gasteiger partial charge on any atom is -0.326 e. The van der Waals surface area contributed by atoms with Crippen molar-refractivity contribution in [1.29, 1.82) is 0 Å². The summed E-state index contributed by atoms with van der Waals surface area (Å²) in [5.41, 5.74) is 0.149. The van der Waals surface area contributed by atoms with E-state index < -0.39 is 10.0 Å². The molecule has 1 fully saturated rings. The average Bonchev–Trinajstić information content (AvgIpc) is 3.20. The summed E-state index contributed by atoms with van der Waals surface area (Å²) >= 11 is 0. The van der Waals surface area contributed by atoms with E-state index in [2.05, 4.69) is 15.0 Å². The van der Waals surface area contributed by atoms with Gasteiger partial charge in [-0.05, 0) is 37.5 Å². The highest BCUT2D eigenvalue weighted by Gasteiger charge is 2.36. The van der Waals surface area contributed by atoms with Gasteiger partial charge in [-0.2, -0.15) is 0 Å². The third kappa shape index (κ3) is 3.61. The zero-order valence-corrected chi connectivity index (χ0v) is 14.7. The predicted molar refractivity (Wildman–Crippen MR) is 93.5 cm³/mol. The number of nitrogens with zero attached hydrogens (tertiary/aromatic N) is 1. The first kappa shape index (κ1) is 17.0. The SMILES string of the molecule is CC1(C(=O)Nc2cccc(S(=O)(=O)NC3=NCCC3)c2)CCCC1. The Bertz CT molecular complexity index is 765. The second-order valence-electron chi connectivity index (χ2n) is 6.79. The van der Waals surface area contributed by atoms with Gasteiger partial charge in [-0.3, -0.25) is 14.5 Å². The summed E-state index contributed by atoms with van der Waals surface area (Å²) in [5.74, 6) is 0.464. The van der Waals surface area contributed by atoms with Crippen LogP contribution in [0.3, 0.4) is 0 Å². The predicted octanol–water partition coefficient (Wildman–Crippen LogP) is 2.68. The fraction of sp³-hybridized carbons (Fsp3) is 0.529. The highest BCUT2D eigenvalue weighted by atomic mass is 32.2. The van der Waals surface area contributed by atoms with Gasteiger partial charge in [-0.15, -0.1) is 0 Å². The van der Waals surface area contributed by atoms with E-state index in [9.17, 15) is 13.2 Å². The third-order valence-electron chi connectivity index (χ3n) is 4.78. The molecule has 24 heavy (non-hydrogen) atoms. The van der Waals surface area contributed by atoms with Gasteiger partial charge >= 0.3 is 0 Å². The Labute approximate surface area is 142 Å². The number of amidine groups is 1. The van der Waals surface area contributed by atoms with Crippen LogP contribution >= 0.6 is 0 Å². The van der Waals surface area contributed by atoms with E-state index in [1.54, 1.807) is 12.1 Å². The molecule has 0 saturated heterocycles. The van der Waals surface area contributed by atoms with Gasteiger partial charge in [0, 0.05) is 24.1 Å². The molecule has 0 spiro atoms. The van der Waals surface area contributed by atoms with Crippen LogP contribution < -0.4 is 10.0 Å². The average molecular weight is 349 g/mol. The maximum atomic E-state index is 12.5. The molecule has 6 nitrogen and oxygen atoms in total. The number of carbonyl (C=O) groups excluding carboxylic acids is 1. The van der Waals surface area contributed by atoms with E-state index in [0.717, 1.165) is 32.1 Å². The van der Waals surface area contributed by atoms with Crippen LogP contribution in [-0.4, -0.2) is 26.7 Å². The molecule has 7 heteroatoms. The van der Waals surface area contributed by atoms with Crippen LogP contribution in [0.2, 0.25) is 0 Å². The van der Waals surface area contributed by atoms with Crippen molar-refractivity contribution in [3.05, 3.63) is 24.3 Å². The number of carbonyl (C=O) groups is 1. The van der Waals surface area contributed by atoms with E-state index in [0.29, 0.717) is 24.5 Å². The van der Waals surface area contributed by atoms with Crippen LogP contribution in [0.25, 0.3) is 0 Å². The molecule has 2 N–H and O–H groups in total. The Morgan fingerprint density at radius 2 is 1.96 bits per heavy atom. The first-order valence-electron chi connectivity index (χ1n) is 8.37. The van der Waals surface area contributed by atoms with Crippen molar-refractivity contribution in [3.8, 4) is 0 Å². The van der Waals surface area contributed by atoms with Crippen molar-refractivity contribution in [1.82, 2.24) is 4.72 Å². The molecule has 0 aromatic heterocycles. The summed E-state index contributed by atoms with van der Waals surface area (Å²) in [6.45, 7) is 2.63. The molecule has 0 bridgehead atoms. The van der Waals surface area contributed by atoms with Gasteiger partial charge in [0.2, 0.25) is 5.91 Å². The Kier molecular flexibility index (Phi) is 4.62. The smallest absolute Gasteiger partial charge is 0.262 e. The Morgan fingerprint density at radius 1 is 1.21 bits per heavy atom. The van der Waals surface area contributed by atoms with Crippen molar-refractivity contribution >= 4 is 27.5 Å². The summed E-state index contributed by atoms with van der Waals surface area (Å²) in [4.78, 5) is 16.7. The van der Waals surface area contributed by atoms with Crippen LogP contribution in [0, 0.1) is 5.41 Å². The maximum absolute atomic E-state index is 12.5. The molecule has 1 aliphatic carbocycles. The Hall–Kier alpha value is -1.89. The molecule has 1 amide bonds. The Balaban J connectivity index is 1.75. The summed E-state index contributed by atoms with van der Waals surface area (Å²) in [6, 6.07) is 6.36. The van der Waals surface area contributed by atoms with Crippen molar-refractivity contribution in [2.75, 3.05) is 11.9 Å². The second kappa shape index (κ2) is 6.55. The standard InChI is InChI=1S/C17H23N3O3S/c1-17(9-2-3-10-17)16(21)19-13-6-4-7-14(12-13)24(22,23)20-15-8-5-11-18-15/h4,6-7,12H,2-3,5,8-11H2,1H3,(H,18,20)(H,19,21). The molecule has 1 heterocycles. The van der Waals surface area contributed by atoms with E-state index in [4.69, 9.17) is 0 Å². The molecule has 0 unspecified atom stereocenters. The highest BCUT2D eigenvalue weighted by molar-refractivity contribution is 7.90. The maximum Gasteiger partial charge on any atom is 0.262 e. The summed E-state index contributed by atoms with van der Waals surface area (Å²) in [7, 11) is -3.67. The number of sulfonamides is 1. The molecule has 1 aromatic carbocycles. The normalized spacial score (nSPS) is 19.8. The van der Waals surface area contributed by atoms with Crippen LogP contribution in [0.5, 0.6) is 0 Å². The fourth-order valence-corrected chi connectivity index (χ4v) is 4.38. The zero-order valence-electron chi connectivity index (χ0n) is 13.8. The zero-order chi connectivity index (χ0) is 17.2. The fourth-order valence-electron chi connectivity index (χ4n) is 3.24. The quantitative estimate of drug-likeness (QED) is 0.876. The van der Waals surface area contributed by atoms with Crippen LogP contribution in [0.15, 0.2) is 34.2 Å². The number of nitrogens with one attached hydrogen (secondary N) is 2. The topological polar surface area (TPSA) is 87.6 Å². The lowest BCUT2D eigenvalue weighted by atomic mass is 9.88. The van der Waals surface area contributed by atoms with E-state index in [-0.39, 0.29) is 16.2 Å². The Morgan fingerprint density at radius 3 is 2.62 bits per heavy atom. The van der Waals surface area contributed by atoms with Gasteiger partial charge in [-0.1, -0.05) is 25.8 Å². The van der Waals surface area contributed by atoms with Crippen LogP contribution in [0.1, 0.15) is 45.4 Å². The number of anilines is 1. The van der Waals surface area contributed by atoms with Gasteiger partial charge in [0.25, 0.3) is 10.0 Å². The summed E-state index contributed by atoms with van der Waals surface area (Å²) < 4.78 is 27.4. The minimum absolute atomic E-state index is 0.0392. The largest absolute Gasteiger partial charge is 0.326 e. The lowest BCUT2D eigenvalue weighted by Crippen LogP contribution is -2.31. The number of hydrogen-bond donors (Lipinski definition) is 2. The van der Waals surface area contributed by atoms with Crippen LogP contribution in [-0.2, 0) is 14.8 Å². The van der Waals surface area contributed by atoms with Crippen molar-refractivity contribution in [2.45, 2.75) is 50.3 Å². The third-order valence-corrected chi connectivity index (χ3v) is 6.16. The van der Waals surface area contributed by atoms with E-state index >= 15 is 0 Å². The minimum atomic E-state index is -3.67.